The van der Waals surface area contributed by atoms with E-state index in [1.165, 1.54) is 45.0 Å². The number of carbonyl (C=O) groups excluding carboxylic acids is 4. The van der Waals surface area contributed by atoms with Crippen LogP contribution in [0.25, 0.3) is 11.1 Å². The van der Waals surface area contributed by atoms with Crippen molar-refractivity contribution in [2.75, 3.05) is 0 Å². The number of hydrogen-bond acceptors (Lipinski definition) is 8. The van der Waals surface area contributed by atoms with Crippen LogP contribution < -0.4 is 18.9 Å². The molecule has 0 aliphatic carbocycles. The van der Waals surface area contributed by atoms with Gasteiger partial charge in [0.2, 0.25) is 0 Å². The smallest absolute Gasteiger partial charge is 0.338 e. The van der Waals surface area contributed by atoms with Crippen molar-refractivity contribution in [1.82, 2.24) is 0 Å². The molecule has 2 rings (SSSR count). The van der Waals surface area contributed by atoms with Crippen LogP contribution in [0, 0.1) is 11.2 Å². The first-order valence-corrected chi connectivity index (χ1v) is 11.3. The predicted molar refractivity (Wildman–Crippen MR) is 138 cm³/mol. The molecule has 0 aliphatic heterocycles. The molecule has 0 spiro atoms. The van der Waals surface area contributed by atoms with E-state index in [4.69, 9.17) is 18.9 Å². The van der Waals surface area contributed by atoms with E-state index in [-0.39, 0.29) is 50.8 Å². The summed E-state index contributed by atoms with van der Waals surface area (Å²) in [7, 11) is 0. The molecule has 2 aromatic rings. The normalized spacial score (nSPS) is 10.7. The van der Waals surface area contributed by atoms with E-state index < -0.39 is 35.1 Å². The first-order chi connectivity index (χ1) is 17.5. The van der Waals surface area contributed by atoms with E-state index in [1.54, 1.807) is 20.8 Å². The van der Waals surface area contributed by atoms with Crippen LogP contribution in [0.4, 0.5) is 4.39 Å². The Kier molecular flexibility index (Phi) is 9.13. The number of carbonyl (C=O) groups is 4. The van der Waals surface area contributed by atoms with Crippen LogP contribution in [0.5, 0.6) is 23.0 Å². The van der Waals surface area contributed by atoms with Crippen LogP contribution in [0.3, 0.4) is 0 Å². The average Bonchev–Trinajstić information content (AvgIpc) is 2.79. The molecule has 0 radical (unpaired) electrons. The minimum absolute atomic E-state index is 0.0576. The van der Waals surface area contributed by atoms with E-state index in [1.807, 2.05) is 0 Å². The van der Waals surface area contributed by atoms with Crippen molar-refractivity contribution in [3.63, 3.8) is 0 Å². The second kappa shape index (κ2) is 11.7. The van der Waals surface area contributed by atoms with Gasteiger partial charge < -0.3 is 18.9 Å². The summed E-state index contributed by atoms with van der Waals surface area (Å²) < 4.78 is 36.7. The molecule has 200 valence electrons. The van der Waals surface area contributed by atoms with E-state index in [0.717, 1.165) is 6.07 Å². The van der Waals surface area contributed by atoms with Crippen molar-refractivity contribution in [1.29, 1.82) is 0 Å². The van der Waals surface area contributed by atoms with Gasteiger partial charge in [0.15, 0.2) is 11.5 Å². The van der Waals surface area contributed by atoms with Gasteiger partial charge in [-0.15, -0.1) is 0 Å². The maximum absolute atomic E-state index is 15.5. The zero-order valence-corrected chi connectivity index (χ0v) is 22.2. The molecule has 0 aliphatic rings. The molecule has 0 bridgehead atoms. The fourth-order valence-electron chi connectivity index (χ4n) is 2.63. The van der Waals surface area contributed by atoms with Crippen LogP contribution in [-0.2, 0) is 19.2 Å². The maximum Gasteiger partial charge on any atom is 0.338 e. The Morgan fingerprint density at radius 1 is 0.684 bits per heavy atom. The fraction of sp³-hybridized carbons (Fsp3) is 0.241. The summed E-state index contributed by atoms with van der Waals surface area (Å²) in [4.78, 5) is 49.0. The van der Waals surface area contributed by atoms with Gasteiger partial charge in [0.05, 0.1) is 11.0 Å². The molecule has 0 amide bonds. The third kappa shape index (κ3) is 7.49. The predicted octanol–water partition coefficient (Wildman–Crippen LogP) is 5.89. The standard InChI is InChI=1S/C29H29FO8/c1-15(2)25(31)35-19-13-20(30)24(23(14-19)38-28(34)29(7,8)9)18-10-11-21(36-26(32)16(3)4)22(12-18)37-27(33)17(5)6/h10-14H,1,3,5H2,2,4,6-9H3. The van der Waals surface area contributed by atoms with Gasteiger partial charge in [0.1, 0.15) is 17.3 Å². The van der Waals surface area contributed by atoms with Gasteiger partial charge in [0, 0.05) is 28.9 Å². The minimum atomic E-state index is -0.957. The largest absolute Gasteiger partial charge is 0.425 e. The summed E-state index contributed by atoms with van der Waals surface area (Å²) >= 11 is 0. The van der Waals surface area contributed by atoms with Gasteiger partial charge in [-0.05, 0) is 59.2 Å². The highest BCUT2D eigenvalue weighted by atomic mass is 19.1. The van der Waals surface area contributed by atoms with E-state index in [0.29, 0.717) is 0 Å². The Morgan fingerprint density at radius 3 is 1.68 bits per heavy atom. The second-order valence-corrected chi connectivity index (χ2v) is 9.59. The SMILES string of the molecule is C=C(C)C(=O)Oc1cc(F)c(-c2ccc(OC(=O)C(=C)C)c(OC(=O)C(=C)C)c2)c(OC(=O)C(C)(C)C)c1. The van der Waals surface area contributed by atoms with Crippen molar-refractivity contribution < 1.29 is 42.5 Å². The molecule has 0 aromatic heterocycles. The molecule has 9 heteroatoms. The summed E-state index contributed by atoms with van der Waals surface area (Å²) in [6.45, 7) is 19.6. The Hall–Kier alpha value is -4.53. The van der Waals surface area contributed by atoms with Crippen molar-refractivity contribution in [2.45, 2.75) is 41.5 Å². The van der Waals surface area contributed by atoms with Crippen molar-refractivity contribution >= 4 is 23.9 Å². The van der Waals surface area contributed by atoms with Gasteiger partial charge in [-0.1, -0.05) is 25.8 Å². The zero-order valence-electron chi connectivity index (χ0n) is 22.2. The van der Waals surface area contributed by atoms with Crippen molar-refractivity contribution in [3.05, 3.63) is 72.6 Å². The molecule has 0 saturated heterocycles. The average molecular weight is 525 g/mol. The fourth-order valence-corrected chi connectivity index (χ4v) is 2.63. The van der Waals surface area contributed by atoms with Gasteiger partial charge in [-0.25, -0.2) is 18.8 Å². The van der Waals surface area contributed by atoms with Gasteiger partial charge >= 0.3 is 23.9 Å². The molecular formula is C29H29FO8. The van der Waals surface area contributed by atoms with Crippen LogP contribution in [0.2, 0.25) is 0 Å². The third-order valence-electron chi connectivity index (χ3n) is 4.74. The number of halogens is 1. The van der Waals surface area contributed by atoms with E-state index in [2.05, 4.69) is 19.7 Å². The molecule has 0 atom stereocenters. The van der Waals surface area contributed by atoms with Crippen LogP contribution in [0.1, 0.15) is 41.5 Å². The Labute approximate surface area is 220 Å². The van der Waals surface area contributed by atoms with Gasteiger partial charge in [-0.3, -0.25) is 4.79 Å². The van der Waals surface area contributed by atoms with Crippen molar-refractivity contribution in [3.8, 4) is 34.1 Å². The zero-order chi connectivity index (χ0) is 28.9. The Morgan fingerprint density at radius 2 is 1.18 bits per heavy atom. The van der Waals surface area contributed by atoms with E-state index in [9.17, 15) is 19.2 Å². The molecule has 2 aromatic carbocycles. The number of hydrogen-bond donors (Lipinski definition) is 0. The second-order valence-electron chi connectivity index (χ2n) is 9.59. The number of ether oxygens (including phenoxy) is 4. The lowest BCUT2D eigenvalue weighted by Crippen LogP contribution is -2.26. The first kappa shape index (κ1) is 29.7. The number of rotatable bonds is 8. The van der Waals surface area contributed by atoms with Crippen LogP contribution >= 0.6 is 0 Å². The lowest BCUT2D eigenvalue weighted by atomic mass is 9.97. The number of esters is 4. The van der Waals surface area contributed by atoms with Crippen LogP contribution in [0.15, 0.2) is 66.8 Å². The first-order valence-electron chi connectivity index (χ1n) is 11.3. The molecule has 8 nitrogen and oxygen atoms in total. The monoisotopic (exact) mass is 524 g/mol. The van der Waals surface area contributed by atoms with Gasteiger partial charge in [0.25, 0.3) is 0 Å². The highest BCUT2D eigenvalue weighted by Crippen LogP contribution is 2.41. The third-order valence-corrected chi connectivity index (χ3v) is 4.74. The van der Waals surface area contributed by atoms with Crippen LogP contribution in [-0.4, -0.2) is 23.9 Å². The lowest BCUT2D eigenvalue weighted by Gasteiger charge is -2.20. The summed E-state index contributed by atoms with van der Waals surface area (Å²) in [6.07, 6.45) is 0. The van der Waals surface area contributed by atoms with Crippen molar-refractivity contribution in [2.24, 2.45) is 5.41 Å². The lowest BCUT2D eigenvalue weighted by molar-refractivity contribution is -0.143. The Bertz CT molecular complexity index is 1360. The number of benzene rings is 2. The highest BCUT2D eigenvalue weighted by Gasteiger charge is 2.27. The maximum atomic E-state index is 15.5. The quantitative estimate of drug-likeness (QED) is 0.239. The molecule has 0 fully saturated rings. The molecule has 0 heterocycles. The topological polar surface area (TPSA) is 105 Å². The summed E-state index contributed by atoms with van der Waals surface area (Å²) in [6, 6.07) is 5.98. The summed E-state index contributed by atoms with van der Waals surface area (Å²) in [5, 5.41) is 0. The van der Waals surface area contributed by atoms with E-state index >= 15 is 4.39 Å². The molecule has 0 unspecified atom stereocenters. The molecule has 38 heavy (non-hydrogen) atoms. The summed E-state index contributed by atoms with van der Waals surface area (Å²) in [5.41, 5.74) is -0.844. The highest BCUT2D eigenvalue weighted by molar-refractivity contribution is 5.92. The molecule has 0 saturated carbocycles. The molecular weight excluding hydrogens is 495 g/mol. The summed E-state index contributed by atoms with van der Waals surface area (Å²) in [5.74, 6) is -4.87. The Balaban J connectivity index is 2.73. The molecule has 0 N–H and O–H groups in total. The van der Waals surface area contributed by atoms with Gasteiger partial charge in [-0.2, -0.15) is 0 Å². The minimum Gasteiger partial charge on any atom is -0.425 e.